The number of likely N-dealkylation sites (tertiary alicyclic amines) is 1. The zero-order valence-corrected chi connectivity index (χ0v) is 21.5. The first-order valence-electron chi connectivity index (χ1n) is 12.3. The van der Waals surface area contributed by atoms with E-state index in [0.717, 1.165) is 16.8 Å². The number of rotatable bonds is 4. The van der Waals surface area contributed by atoms with Gasteiger partial charge in [-0.3, -0.25) is 14.4 Å². The van der Waals surface area contributed by atoms with E-state index in [1.807, 2.05) is 63.3 Å². The predicted molar refractivity (Wildman–Crippen MR) is 137 cm³/mol. The number of aryl methyl sites for hydroxylation is 2. The molecule has 7 nitrogen and oxygen atoms in total. The van der Waals surface area contributed by atoms with Gasteiger partial charge in [0.15, 0.2) is 0 Å². The molecule has 8 heteroatoms. The van der Waals surface area contributed by atoms with Crippen LogP contribution in [0, 0.1) is 25.7 Å². The fraction of sp³-hybridized carbons (Fsp3) is 0.519. The van der Waals surface area contributed by atoms with Gasteiger partial charge in [-0.2, -0.15) is 0 Å². The van der Waals surface area contributed by atoms with Crippen molar-refractivity contribution >= 4 is 35.2 Å². The zero-order valence-electron chi connectivity index (χ0n) is 20.7. The summed E-state index contributed by atoms with van der Waals surface area (Å²) in [6.07, 6.45) is 8.56. The average molecular weight is 496 g/mol. The smallest absolute Gasteiger partial charge is 0.251 e. The third-order valence-corrected chi connectivity index (χ3v) is 9.83. The van der Waals surface area contributed by atoms with Crippen LogP contribution in [0.4, 0.5) is 5.69 Å². The van der Waals surface area contributed by atoms with Gasteiger partial charge in [0, 0.05) is 31.1 Å². The molecule has 4 aliphatic rings. The number of aliphatic hydroxyl groups is 1. The van der Waals surface area contributed by atoms with Crippen molar-refractivity contribution in [1.82, 2.24) is 9.80 Å². The number of anilines is 1. The molecule has 1 N–H and O–H groups in total. The predicted octanol–water partition coefficient (Wildman–Crippen LogP) is 2.30. The number of benzene rings is 1. The molecule has 1 unspecified atom stereocenters. The van der Waals surface area contributed by atoms with Gasteiger partial charge in [0.2, 0.25) is 11.8 Å². The van der Waals surface area contributed by atoms with E-state index in [1.54, 1.807) is 33.5 Å². The van der Waals surface area contributed by atoms with Crippen LogP contribution in [0.15, 0.2) is 42.5 Å². The van der Waals surface area contributed by atoms with E-state index in [0.29, 0.717) is 19.5 Å². The van der Waals surface area contributed by atoms with Crippen LogP contribution in [0.3, 0.4) is 0 Å². The third-order valence-electron chi connectivity index (χ3n) is 8.08. The standard InChI is InChI=1S/C27H33N3O4S/c1-5-18(15-31)30-23-26(34)29(22-16(2)9-6-10-17(22)3)14-8-12-27(23)21(25(30)33)20-19(35-27)11-7-13-28(4)24(20)32/h6-12,18-21,23,31H,5,13-15H2,1-4H3/t18-,19-,20+,21-,23?,27-/m0/s1. The number of thioether (sulfide) groups is 1. The van der Waals surface area contributed by atoms with E-state index in [4.69, 9.17) is 0 Å². The highest BCUT2D eigenvalue weighted by molar-refractivity contribution is 8.02. The van der Waals surface area contributed by atoms with Crippen LogP contribution in [0.1, 0.15) is 24.5 Å². The van der Waals surface area contributed by atoms with Crippen molar-refractivity contribution in [2.45, 2.75) is 49.3 Å². The topological polar surface area (TPSA) is 81.2 Å². The first-order chi connectivity index (χ1) is 16.8. The molecule has 4 aliphatic heterocycles. The van der Waals surface area contributed by atoms with Gasteiger partial charge in [0.05, 0.1) is 29.2 Å². The van der Waals surface area contributed by atoms with E-state index < -0.39 is 28.7 Å². The zero-order chi connectivity index (χ0) is 25.1. The Morgan fingerprint density at radius 3 is 2.46 bits per heavy atom. The minimum Gasteiger partial charge on any atom is -0.394 e. The molecular formula is C27H33N3O4S. The molecule has 3 amide bonds. The summed E-state index contributed by atoms with van der Waals surface area (Å²) in [6, 6.07) is 4.68. The number of hydrogen-bond donors (Lipinski definition) is 1. The summed E-state index contributed by atoms with van der Waals surface area (Å²) in [5, 5.41) is 10.0. The third kappa shape index (κ3) is 3.40. The van der Waals surface area contributed by atoms with E-state index in [-0.39, 0.29) is 29.6 Å². The number of aliphatic hydroxyl groups excluding tert-OH is 1. The van der Waals surface area contributed by atoms with Crippen LogP contribution in [-0.2, 0) is 14.4 Å². The average Bonchev–Trinajstić information content (AvgIpc) is 3.16. The number of amides is 3. The van der Waals surface area contributed by atoms with Gasteiger partial charge in [0.1, 0.15) is 6.04 Å². The number of nitrogens with zero attached hydrogens (tertiary/aromatic N) is 3. The molecule has 6 atom stereocenters. The number of carbonyl (C=O) groups excluding carboxylic acids is 3. The van der Waals surface area contributed by atoms with Crippen molar-refractivity contribution in [1.29, 1.82) is 0 Å². The van der Waals surface area contributed by atoms with Crippen molar-refractivity contribution in [3.63, 3.8) is 0 Å². The van der Waals surface area contributed by atoms with Gasteiger partial charge < -0.3 is 19.8 Å². The second-order valence-electron chi connectivity index (χ2n) is 10.1. The van der Waals surface area contributed by atoms with E-state index >= 15 is 0 Å². The van der Waals surface area contributed by atoms with E-state index in [2.05, 4.69) is 0 Å². The molecule has 0 bridgehead atoms. The molecule has 0 aliphatic carbocycles. The van der Waals surface area contributed by atoms with Gasteiger partial charge in [-0.15, -0.1) is 11.8 Å². The Kier molecular flexibility index (Phi) is 6.08. The maximum atomic E-state index is 14.5. The Bertz CT molecular complexity index is 1110. The molecule has 1 spiro atoms. The van der Waals surface area contributed by atoms with Crippen molar-refractivity contribution in [2.75, 3.05) is 31.6 Å². The largest absolute Gasteiger partial charge is 0.394 e. The minimum atomic E-state index is -0.865. The highest BCUT2D eigenvalue weighted by atomic mass is 32.2. The van der Waals surface area contributed by atoms with Crippen LogP contribution in [0.5, 0.6) is 0 Å². The normalized spacial score (nSPS) is 32.9. The van der Waals surface area contributed by atoms with Crippen LogP contribution in [0.2, 0.25) is 0 Å². The lowest BCUT2D eigenvalue weighted by molar-refractivity contribution is -0.144. The number of likely N-dealkylation sites (N-methyl/N-ethyl adjacent to an activating group) is 1. The molecule has 0 radical (unpaired) electrons. The number of para-hydroxylation sites is 1. The van der Waals surface area contributed by atoms with Gasteiger partial charge in [-0.25, -0.2) is 0 Å². The van der Waals surface area contributed by atoms with Gasteiger partial charge in [-0.05, 0) is 31.4 Å². The number of hydrogen-bond acceptors (Lipinski definition) is 5. The Labute approximate surface area is 210 Å². The molecule has 35 heavy (non-hydrogen) atoms. The van der Waals surface area contributed by atoms with Crippen molar-refractivity contribution in [3.05, 3.63) is 53.6 Å². The minimum absolute atomic E-state index is 0.0583. The summed E-state index contributed by atoms with van der Waals surface area (Å²) < 4.78 is -0.865. The Balaban J connectivity index is 1.68. The van der Waals surface area contributed by atoms with Crippen LogP contribution in [-0.4, -0.2) is 81.5 Å². The first kappa shape index (κ1) is 24.1. The van der Waals surface area contributed by atoms with Crippen molar-refractivity contribution < 1.29 is 19.5 Å². The fourth-order valence-electron chi connectivity index (χ4n) is 6.44. The van der Waals surface area contributed by atoms with Gasteiger partial charge in [-0.1, -0.05) is 49.4 Å². The molecule has 1 aromatic rings. The molecule has 2 fully saturated rings. The van der Waals surface area contributed by atoms with Gasteiger partial charge in [0.25, 0.3) is 5.91 Å². The Morgan fingerprint density at radius 1 is 1.09 bits per heavy atom. The molecule has 4 heterocycles. The number of fused-ring (bicyclic) bond motifs is 2. The first-order valence-corrected chi connectivity index (χ1v) is 13.2. The summed E-state index contributed by atoms with van der Waals surface area (Å²) in [4.78, 5) is 47.2. The summed E-state index contributed by atoms with van der Waals surface area (Å²) in [5.74, 6) is -1.60. The second-order valence-corrected chi connectivity index (χ2v) is 11.6. The highest BCUT2D eigenvalue weighted by Gasteiger charge is 2.71. The lowest BCUT2D eigenvalue weighted by atomic mass is 9.78. The number of carbonyl (C=O) groups is 3. The lowest BCUT2D eigenvalue weighted by Crippen LogP contribution is -2.56. The molecule has 0 saturated carbocycles. The SMILES string of the molecule is CC[C@@H](CO)N1C(=O)[C@@H]2[C@@H]3C(=O)N(C)CC=C[C@@H]3S[C@@]23C=CCN(c2c(C)cccc2C)C(=O)C13. The Hall–Kier alpha value is -2.58. The summed E-state index contributed by atoms with van der Waals surface area (Å²) in [5.41, 5.74) is 2.85. The Morgan fingerprint density at radius 2 is 1.80 bits per heavy atom. The quantitative estimate of drug-likeness (QED) is 0.649. The molecular weight excluding hydrogens is 462 g/mol. The molecule has 186 valence electrons. The molecule has 0 aromatic heterocycles. The van der Waals surface area contributed by atoms with Gasteiger partial charge >= 0.3 is 0 Å². The monoisotopic (exact) mass is 495 g/mol. The summed E-state index contributed by atoms with van der Waals surface area (Å²) in [7, 11) is 1.76. The fourth-order valence-corrected chi connectivity index (χ4v) is 8.44. The van der Waals surface area contributed by atoms with Crippen LogP contribution in [0.25, 0.3) is 0 Å². The van der Waals surface area contributed by atoms with Crippen molar-refractivity contribution in [3.8, 4) is 0 Å². The maximum Gasteiger partial charge on any atom is 0.251 e. The summed E-state index contributed by atoms with van der Waals surface area (Å²) >= 11 is 1.57. The lowest BCUT2D eigenvalue weighted by Gasteiger charge is -2.38. The summed E-state index contributed by atoms with van der Waals surface area (Å²) in [6.45, 7) is 6.58. The molecule has 5 rings (SSSR count). The second kappa shape index (κ2) is 8.82. The maximum absolute atomic E-state index is 14.5. The highest BCUT2D eigenvalue weighted by Crippen LogP contribution is 2.61. The molecule has 2 saturated heterocycles. The van der Waals surface area contributed by atoms with E-state index in [1.165, 1.54) is 0 Å². The van der Waals surface area contributed by atoms with Crippen molar-refractivity contribution in [2.24, 2.45) is 11.8 Å². The van der Waals surface area contributed by atoms with Crippen LogP contribution < -0.4 is 4.90 Å². The van der Waals surface area contributed by atoms with E-state index in [9.17, 15) is 19.5 Å². The van der Waals surface area contributed by atoms with Crippen LogP contribution >= 0.6 is 11.8 Å². The molecule has 1 aromatic carbocycles.